The van der Waals surface area contributed by atoms with Gasteiger partial charge in [-0.3, -0.25) is 4.79 Å². The van der Waals surface area contributed by atoms with Gasteiger partial charge in [-0.2, -0.15) is 0 Å². The molecule has 0 radical (unpaired) electrons. The van der Waals surface area contributed by atoms with E-state index in [0.717, 1.165) is 13.0 Å². The Morgan fingerprint density at radius 3 is 2.76 bits per heavy atom. The van der Waals surface area contributed by atoms with Gasteiger partial charge in [-0.05, 0) is 19.0 Å². The van der Waals surface area contributed by atoms with Crippen molar-refractivity contribution in [3.05, 3.63) is 35.9 Å². The number of nitrogens with one attached hydrogen (secondary N) is 2. The summed E-state index contributed by atoms with van der Waals surface area (Å²) in [6.07, 6.45) is 1.07. The Morgan fingerprint density at radius 2 is 2.12 bits per heavy atom. The molecule has 1 amide bonds. The van der Waals surface area contributed by atoms with E-state index in [2.05, 4.69) is 34.9 Å². The van der Waals surface area contributed by atoms with Gasteiger partial charge < -0.3 is 10.6 Å². The molecule has 1 aromatic carbocycles. The first-order chi connectivity index (χ1) is 8.22. The summed E-state index contributed by atoms with van der Waals surface area (Å²) in [4.78, 5) is 11.8. The molecule has 2 rings (SSSR count). The van der Waals surface area contributed by atoms with Gasteiger partial charge in [0.05, 0.1) is 0 Å². The zero-order valence-electron chi connectivity index (χ0n) is 10.4. The quantitative estimate of drug-likeness (QED) is 0.808. The summed E-state index contributed by atoms with van der Waals surface area (Å²) >= 11 is 0. The normalized spacial score (nSPS) is 24.1. The lowest BCUT2D eigenvalue weighted by Crippen LogP contribution is -2.36. The standard InChI is InChI=1S/C14H20N2O/c1-10(9-15-2)14(17)16-13-8-12(13)11-6-4-3-5-7-11/h3-7,10,12-13,15H,8-9H2,1-2H3,(H,16,17). The van der Waals surface area contributed by atoms with E-state index >= 15 is 0 Å². The molecule has 3 unspecified atom stereocenters. The number of carbonyl (C=O) groups is 1. The Morgan fingerprint density at radius 1 is 1.41 bits per heavy atom. The van der Waals surface area contributed by atoms with Crippen molar-refractivity contribution in [3.63, 3.8) is 0 Å². The molecule has 0 aromatic heterocycles. The first-order valence-corrected chi connectivity index (χ1v) is 6.22. The average Bonchev–Trinajstić information content (AvgIpc) is 3.10. The summed E-state index contributed by atoms with van der Waals surface area (Å²) in [5, 5.41) is 6.13. The summed E-state index contributed by atoms with van der Waals surface area (Å²) in [6.45, 7) is 2.68. The van der Waals surface area contributed by atoms with E-state index in [1.165, 1.54) is 5.56 Å². The second kappa shape index (κ2) is 5.32. The molecule has 2 N–H and O–H groups in total. The molecular weight excluding hydrogens is 212 g/mol. The molecule has 1 fully saturated rings. The van der Waals surface area contributed by atoms with Crippen molar-refractivity contribution in [2.75, 3.05) is 13.6 Å². The van der Waals surface area contributed by atoms with Crippen LogP contribution in [-0.4, -0.2) is 25.5 Å². The van der Waals surface area contributed by atoms with Gasteiger partial charge in [-0.25, -0.2) is 0 Å². The minimum absolute atomic E-state index is 0.0389. The van der Waals surface area contributed by atoms with Crippen LogP contribution in [0.4, 0.5) is 0 Å². The van der Waals surface area contributed by atoms with E-state index in [0.29, 0.717) is 12.0 Å². The van der Waals surface area contributed by atoms with Crippen LogP contribution in [0.15, 0.2) is 30.3 Å². The van der Waals surface area contributed by atoms with E-state index < -0.39 is 0 Å². The zero-order chi connectivity index (χ0) is 12.3. The van der Waals surface area contributed by atoms with Crippen molar-refractivity contribution in [2.24, 2.45) is 5.92 Å². The molecule has 1 saturated carbocycles. The van der Waals surface area contributed by atoms with Crippen LogP contribution in [0.5, 0.6) is 0 Å². The van der Waals surface area contributed by atoms with Crippen LogP contribution in [0.1, 0.15) is 24.8 Å². The minimum Gasteiger partial charge on any atom is -0.352 e. The van der Waals surface area contributed by atoms with Crippen molar-refractivity contribution in [3.8, 4) is 0 Å². The molecule has 0 heterocycles. The Balaban J connectivity index is 1.82. The Kier molecular flexibility index (Phi) is 3.79. The lowest BCUT2D eigenvalue weighted by molar-refractivity contribution is -0.124. The molecule has 0 bridgehead atoms. The lowest BCUT2D eigenvalue weighted by Gasteiger charge is -2.11. The van der Waals surface area contributed by atoms with Crippen LogP contribution in [-0.2, 0) is 4.79 Å². The number of amides is 1. The van der Waals surface area contributed by atoms with Crippen molar-refractivity contribution in [2.45, 2.75) is 25.3 Å². The van der Waals surface area contributed by atoms with Gasteiger partial charge in [0.25, 0.3) is 0 Å². The fraction of sp³-hybridized carbons (Fsp3) is 0.500. The summed E-state index contributed by atoms with van der Waals surface area (Å²) in [5.41, 5.74) is 1.33. The highest BCUT2D eigenvalue weighted by molar-refractivity contribution is 5.79. The monoisotopic (exact) mass is 232 g/mol. The van der Waals surface area contributed by atoms with Gasteiger partial charge in [-0.15, -0.1) is 0 Å². The Hall–Kier alpha value is -1.35. The highest BCUT2D eigenvalue weighted by atomic mass is 16.2. The SMILES string of the molecule is CNCC(C)C(=O)NC1CC1c1ccccc1. The molecule has 17 heavy (non-hydrogen) atoms. The third kappa shape index (κ3) is 3.07. The number of hydrogen-bond acceptors (Lipinski definition) is 2. The van der Waals surface area contributed by atoms with Crippen LogP contribution < -0.4 is 10.6 Å². The predicted octanol–water partition coefficient (Wildman–Crippen LogP) is 1.51. The third-order valence-electron chi connectivity index (χ3n) is 3.30. The summed E-state index contributed by atoms with van der Waals surface area (Å²) < 4.78 is 0. The first-order valence-electron chi connectivity index (χ1n) is 6.22. The van der Waals surface area contributed by atoms with E-state index in [-0.39, 0.29) is 11.8 Å². The van der Waals surface area contributed by atoms with Gasteiger partial charge in [0, 0.05) is 24.4 Å². The second-order valence-corrected chi connectivity index (χ2v) is 4.83. The number of hydrogen-bond donors (Lipinski definition) is 2. The highest BCUT2D eigenvalue weighted by Crippen LogP contribution is 2.40. The number of benzene rings is 1. The molecule has 1 aliphatic rings. The maximum Gasteiger partial charge on any atom is 0.224 e. The fourth-order valence-corrected chi connectivity index (χ4v) is 2.15. The molecule has 3 atom stereocenters. The summed E-state index contributed by atoms with van der Waals surface area (Å²) in [6, 6.07) is 10.7. The number of carbonyl (C=O) groups excluding carboxylic acids is 1. The Bertz CT molecular complexity index is 377. The third-order valence-corrected chi connectivity index (χ3v) is 3.30. The van der Waals surface area contributed by atoms with Gasteiger partial charge in [0.1, 0.15) is 0 Å². The van der Waals surface area contributed by atoms with Crippen LogP contribution in [0, 0.1) is 5.92 Å². The highest BCUT2D eigenvalue weighted by Gasteiger charge is 2.39. The molecule has 3 nitrogen and oxygen atoms in total. The van der Waals surface area contributed by atoms with Crippen molar-refractivity contribution >= 4 is 5.91 Å². The van der Waals surface area contributed by atoms with Gasteiger partial charge in [0.2, 0.25) is 5.91 Å². The summed E-state index contributed by atoms with van der Waals surface area (Å²) in [7, 11) is 1.87. The zero-order valence-corrected chi connectivity index (χ0v) is 10.4. The topological polar surface area (TPSA) is 41.1 Å². The molecular formula is C14H20N2O. The lowest BCUT2D eigenvalue weighted by atomic mass is 10.1. The first kappa shape index (κ1) is 12.1. The Labute approximate surface area is 103 Å². The summed E-state index contributed by atoms with van der Waals surface area (Å²) in [5.74, 6) is 0.710. The molecule has 1 aliphatic carbocycles. The molecule has 3 heteroatoms. The van der Waals surface area contributed by atoms with E-state index in [1.54, 1.807) is 0 Å². The van der Waals surface area contributed by atoms with Crippen molar-refractivity contribution in [1.29, 1.82) is 0 Å². The van der Waals surface area contributed by atoms with Crippen molar-refractivity contribution < 1.29 is 4.79 Å². The van der Waals surface area contributed by atoms with Crippen LogP contribution in [0.2, 0.25) is 0 Å². The van der Waals surface area contributed by atoms with E-state index in [4.69, 9.17) is 0 Å². The molecule has 0 spiro atoms. The minimum atomic E-state index is 0.0389. The van der Waals surface area contributed by atoms with Crippen LogP contribution in [0.3, 0.4) is 0 Å². The van der Waals surface area contributed by atoms with E-state index in [1.807, 2.05) is 20.0 Å². The van der Waals surface area contributed by atoms with Gasteiger partial charge in [-0.1, -0.05) is 37.3 Å². The predicted molar refractivity (Wildman–Crippen MR) is 68.8 cm³/mol. The smallest absolute Gasteiger partial charge is 0.224 e. The maximum absolute atomic E-state index is 11.8. The van der Waals surface area contributed by atoms with Gasteiger partial charge in [0.15, 0.2) is 0 Å². The van der Waals surface area contributed by atoms with Crippen LogP contribution in [0.25, 0.3) is 0 Å². The van der Waals surface area contributed by atoms with Crippen LogP contribution >= 0.6 is 0 Å². The van der Waals surface area contributed by atoms with Gasteiger partial charge >= 0.3 is 0 Å². The molecule has 1 aromatic rings. The second-order valence-electron chi connectivity index (χ2n) is 4.83. The molecule has 0 saturated heterocycles. The largest absolute Gasteiger partial charge is 0.352 e. The van der Waals surface area contributed by atoms with E-state index in [9.17, 15) is 4.79 Å². The molecule has 92 valence electrons. The molecule has 0 aliphatic heterocycles. The number of rotatable bonds is 5. The maximum atomic E-state index is 11.8. The average molecular weight is 232 g/mol. The van der Waals surface area contributed by atoms with Crippen molar-refractivity contribution in [1.82, 2.24) is 10.6 Å². The fourth-order valence-electron chi connectivity index (χ4n) is 2.15.